The average Bonchev–Trinajstić information content (AvgIpc) is 2.67. The molecule has 0 aromatic carbocycles. The number of ether oxygens (including phenoxy) is 2. The van der Waals surface area contributed by atoms with Gasteiger partial charge in [0, 0.05) is 20.3 Å². The Bertz CT molecular complexity index is 382. The van der Waals surface area contributed by atoms with Crippen molar-refractivity contribution in [3.63, 3.8) is 0 Å². The predicted octanol–water partition coefficient (Wildman–Crippen LogP) is 0.817. The second-order valence-corrected chi connectivity index (χ2v) is 4.71. The molecule has 0 saturated heterocycles. The van der Waals surface area contributed by atoms with Gasteiger partial charge in [-0.25, -0.2) is 4.98 Å². The number of nitrogen functional groups attached to an aromatic ring is 1. The summed E-state index contributed by atoms with van der Waals surface area (Å²) >= 11 is 1.20. The van der Waals surface area contributed by atoms with Gasteiger partial charge >= 0.3 is 0 Å². The van der Waals surface area contributed by atoms with Crippen LogP contribution < -0.4 is 11.1 Å². The van der Waals surface area contributed by atoms with E-state index in [1.54, 1.807) is 14.0 Å². The Morgan fingerprint density at radius 2 is 2.22 bits per heavy atom. The lowest BCUT2D eigenvalue weighted by atomic mass is 10.3. The molecule has 0 aliphatic rings. The number of thiazole rings is 1. The van der Waals surface area contributed by atoms with Gasteiger partial charge in [-0.1, -0.05) is 11.3 Å². The number of nitrogens with two attached hydrogens (primary N) is 1. The van der Waals surface area contributed by atoms with Crippen molar-refractivity contribution in [2.75, 3.05) is 39.2 Å². The maximum Gasteiger partial charge on any atom is 0.263 e. The Kier molecular flexibility index (Phi) is 6.63. The second kappa shape index (κ2) is 8.02. The Morgan fingerprint density at radius 3 is 2.83 bits per heavy atom. The molecule has 0 aliphatic carbocycles. The molecule has 1 aromatic heterocycles. The molecule has 1 rings (SSSR count). The number of aryl methyl sites for hydroxylation is 1. The van der Waals surface area contributed by atoms with Crippen LogP contribution in [-0.2, 0) is 9.47 Å². The van der Waals surface area contributed by atoms with Gasteiger partial charge in [-0.05, 0) is 13.3 Å². The number of hydrogen-bond acceptors (Lipinski definition) is 6. The van der Waals surface area contributed by atoms with E-state index in [0.29, 0.717) is 42.1 Å². The molecule has 0 radical (unpaired) electrons. The van der Waals surface area contributed by atoms with Gasteiger partial charge in [0.1, 0.15) is 4.88 Å². The zero-order chi connectivity index (χ0) is 13.4. The van der Waals surface area contributed by atoms with Crippen LogP contribution in [0.3, 0.4) is 0 Å². The lowest BCUT2D eigenvalue weighted by Crippen LogP contribution is -2.25. The van der Waals surface area contributed by atoms with Gasteiger partial charge in [0.15, 0.2) is 5.13 Å². The topological polar surface area (TPSA) is 86.5 Å². The van der Waals surface area contributed by atoms with Crippen LogP contribution in [-0.4, -0.2) is 44.4 Å². The highest BCUT2D eigenvalue weighted by molar-refractivity contribution is 7.17. The van der Waals surface area contributed by atoms with E-state index >= 15 is 0 Å². The maximum absolute atomic E-state index is 11.8. The van der Waals surface area contributed by atoms with Gasteiger partial charge in [-0.2, -0.15) is 0 Å². The van der Waals surface area contributed by atoms with Crippen molar-refractivity contribution in [3.8, 4) is 0 Å². The summed E-state index contributed by atoms with van der Waals surface area (Å²) in [6.07, 6.45) is 0.767. The Labute approximate surface area is 110 Å². The number of aromatic nitrogens is 1. The zero-order valence-corrected chi connectivity index (χ0v) is 11.5. The quantitative estimate of drug-likeness (QED) is 0.685. The first-order chi connectivity index (χ1) is 8.65. The van der Waals surface area contributed by atoms with Crippen molar-refractivity contribution >= 4 is 22.4 Å². The number of hydrogen-bond donors (Lipinski definition) is 2. The maximum atomic E-state index is 11.8. The van der Waals surface area contributed by atoms with Crippen LogP contribution in [0.2, 0.25) is 0 Å². The number of methoxy groups -OCH3 is 1. The molecule has 0 fully saturated rings. The van der Waals surface area contributed by atoms with Gasteiger partial charge in [0.05, 0.1) is 18.9 Å². The molecule has 6 nitrogen and oxygen atoms in total. The number of rotatable bonds is 8. The lowest BCUT2D eigenvalue weighted by Gasteiger charge is -2.05. The average molecular weight is 273 g/mol. The standard InChI is InChI=1S/C11H19N3O3S/c1-8-9(18-11(12)14-8)10(15)13-4-3-5-17-7-6-16-2/h3-7H2,1-2H3,(H2,12,14)(H,13,15). The Balaban J connectivity index is 2.16. The number of anilines is 1. The minimum Gasteiger partial charge on any atom is -0.382 e. The minimum absolute atomic E-state index is 0.126. The molecule has 1 amide bonds. The summed E-state index contributed by atoms with van der Waals surface area (Å²) in [4.78, 5) is 16.3. The Hall–Kier alpha value is -1.18. The number of nitrogens with one attached hydrogen (secondary N) is 1. The van der Waals surface area contributed by atoms with Crippen LogP contribution in [0.5, 0.6) is 0 Å². The third kappa shape index (κ3) is 4.99. The molecular weight excluding hydrogens is 254 g/mol. The molecule has 1 heterocycles. The molecular formula is C11H19N3O3S. The number of carbonyl (C=O) groups excluding carboxylic acids is 1. The monoisotopic (exact) mass is 273 g/mol. The van der Waals surface area contributed by atoms with Crippen LogP contribution in [0.1, 0.15) is 21.8 Å². The van der Waals surface area contributed by atoms with E-state index in [-0.39, 0.29) is 5.91 Å². The number of nitrogens with zero attached hydrogens (tertiary/aromatic N) is 1. The van der Waals surface area contributed by atoms with Gasteiger partial charge < -0.3 is 20.5 Å². The van der Waals surface area contributed by atoms with E-state index in [1.807, 2.05) is 0 Å². The van der Waals surface area contributed by atoms with Crippen molar-refractivity contribution in [2.24, 2.45) is 0 Å². The first-order valence-electron chi connectivity index (χ1n) is 5.73. The summed E-state index contributed by atoms with van der Waals surface area (Å²) < 4.78 is 10.1. The van der Waals surface area contributed by atoms with Crippen LogP contribution in [0.15, 0.2) is 0 Å². The normalized spacial score (nSPS) is 10.6. The first-order valence-corrected chi connectivity index (χ1v) is 6.54. The summed E-state index contributed by atoms with van der Waals surface area (Å²) in [6, 6.07) is 0. The van der Waals surface area contributed by atoms with Crippen LogP contribution in [0, 0.1) is 6.92 Å². The van der Waals surface area contributed by atoms with E-state index in [0.717, 1.165) is 6.42 Å². The Morgan fingerprint density at radius 1 is 1.44 bits per heavy atom. The fourth-order valence-electron chi connectivity index (χ4n) is 1.33. The van der Waals surface area contributed by atoms with Gasteiger partial charge in [0.25, 0.3) is 5.91 Å². The molecule has 102 valence electrons. The fraction of sp³-hybridized carbons (Fsp3) is 0.636. The van der Waals surface area contributed by atoms with Crippen LogP contribution in [0.25, 0.3) is 0 Å². The number of carbonyl (C=O) groups is 1. The molecule has 7 heteroatoms. The van der Waals surface area contributed by atoms with E-state index < -0.39 is 0 Å². The number of amides is 1. The van der Waals surface area contributed by atoms with Crippen LogP contribution in [0.4, 0.5) is 5.13 Å². The molecule has 3 N–H and O–H groups in total. The van der Waals surface area contributed by atoms with Gasteiger partial charge in [0.2, 0.25) is 0 Å². The summed E-state index contributed by atoms with van der Waals surface area (Å²) in [5.41, 5.74) is 6.21. The first kappa shape index (κ1) is 14.9. The lowest BCUT2D eigenvalue weighted by molar-refractivity contribution is 0.0688. The molecule has 0 spiro atoms. The third-order valence-electron chi connectivity index (χ3n) is 2.20. The summed E-state index contributed by atoms with van der Waals surface area (Å²) in [5.74, 6) is -0.126. The van der Waals surface area contributed by atoms with Crippen LogP contribution >= 0.6 is 11.3 Å². The molecule has 18 heavy (non-hydrogen) atoms. The summed E-state index contributed by atoms with van der Waals surface area (Å²) in [7, 11) is 1.63. The predicted molar refractivity (Wildman–Crippen MR) is 70.9 cm³/mol. The molecule has 0 bridgehead atoms. The highest BCUT2D eigenvalue weighted by Crippen LogP contribution is 2.19. The molecule has 0 saturated carbocycles. The summed E-state index contributed by atoms with van der Waals surface area (Å²) in [6.45, 7) is 4.12. The van der Waals surface area contributed by atoms with E-state index in [4.69, 9.17) is 15.2 Å². The highest BCUT2D eigenvalue weighted by Gasteiger charge is 2.13. The highest BCUT2D eigenvalue weighted by atomic mass is 32.1. The second-order valence-electron chi connectivity index (χ2n) is 3.68. The molecule has 0 aliphatic heterocycles. The van der Waals surface area contributed by atoms with Crippen molar-refractivity contribution in [1.82, 2.24) is 10.3 Å². The molecule has 1 aromatic rings. The molecule has 0 unspecified atom stereocenters. The largest absolute Gasteiger partial charge is 0.382 e. The third-order valence-corrected chi connectivity index (χ3v) is 3.19. The zero-order valence-electron chi connectivity index (χ0n) is 10.7. The van der Waals surface area contributed by atoms with Crippen molar-refractivity contribution in [2.45, 2.75) is 13.3 Å². The van der Waals surface area contributed by atoms with Crippen molar-refractivity contribution < 1.29 is 14.3 Å². The van der Waals surface area contributed by atoms with Crippen molar-refractivity contribution in [1.29, 1.82) is 0 Å². The van der Waals surface area contributed by atoms with E-state index in [9.17, 15) is 4.79 Å². The van der Waals surface area contributed by atoms with E-state index in [2.05, 4.69) is 10.3 Å². The minimum atomic E-state index is -0.126. The fourth-order valence-corrected chi connectivity index (χ4v) is 2.08. The van der Waals surface area contributed by atoms with E-state index in [1.165, 1.54) is 11.3 Å². The summed E-state index contributed by atoms with van der Waals surface area (Å²) in [5, 5.41) is 3.23. The SMILES string of the molecule is COCCOCCCNC(=O)c1sc(N)nc1C. The smallest absolute Gasteiger partial charge is 0.263 e. The van der Waals surface area contributed by atoms with Crippen molar-refractivity contribution in [3.05, 3.63) is 10.6 Å². The van der Waals surface area contributed by atoms with Gasteiger partial charge in [-0.3, -0.25) is 4.79 Å². The molecule has 0 atom stereocenters. The van der Waals surface area contributed by atoms with Gasteiger partial charge in [-0.15, -0.1) is 0 Å².